The maximum atomic E-state index is 12.8. The topological polar surface area (TPSA) is 77.8 Å². The molecule has 2 aromatic heterocycles. The average Bonchev–Trinajstić information content (AvgIpc) is 3.29. The van der Waals surface area contributed by atoms with Crippen LogP contribution in [0.4, 0.5) is 5.95 Å². The van der Waals surface area contributed by atoms with Gasteiger partial charge in [-0.15, -0.1) is 16.4 Å². The minimum absolute atomic E-state index is 0.118. The summed E-state index contributed by atoms with van der Waals surface area (Å²) in [6.07, 6.45) is 0. The predicted octanol–water partition coefficient (Wildman–Crippen LogP) is 5.03. The lowest BCUT2D eigenvalue weighted by Crippen LogP contribution is -2.15. The second-order valence-corrected chi connectivity index (χ2v) is 7.53. The van der Waals surface area contributed by atoms with E-state index in [1.54, 1.807) is 17.7 Å². The summed E-state index contributed by atoms with van der Waals surface area (Å²) in [6.45, 7) is 0. The van der Waals surface area contributed by atoms with Crippen molar-refractivity contribution in [2.75, 3.05) is 19.5 Å². The molecule has 0 spiro atoms. The molecule has 10 heteroatoms. The van der Waals surface area contributed by atoms with E-state index in [4.69, 9.17) is 32.7 Å². The molecule has 29 heavy (non-hydrogen) atoms. The van der Waals surface area contributed by atoms with Gasteiger partial charge in [0.05, 0.1) is 30.0 Å². The number of fused-ring (bicyclic) bond motifs is 1. The van der Waals surface area contributed by atoms with Crippen molar-refractivity contribution in [3.8, 4) is 22.8 Å². The predicted molar refractivity (Wildman–Crippen MR) is 114 cm³/mol. The van der Waals surface area contributed by atoms with Gasteiger partial charge >= 0.3 is 0 Å². The number of carbonyl (C=O) groups excluding carboxylic acids is 1. The Kier molecular flexibility index (Phi) is 5.31. The summed E-state index contributed by atoms with van der Waals surface area (Å²) < 4.78 is 12.2. The molecule has 148 valence electrons. The second kappa shape index (κ2) is 7.90. The molecule has 0 bridgehead atoms. The number of anilines is 1. The number of methoxy groups -OCH3 is 2. The summed E-state index contributed by atoms with van der Waals surface area (Å²) in [7, 11) is 3.03. The van der Waals surface area contributed by atoms with Crippen LogP contribution in [0.1, 0.15) is 10.4 Å². The van der Waals surface area contributed by atoms with Gasteiger partial charge < -0.3 is 9.47 Å². The third kappa shape index (κ3) is 3.62. The molecular formula is C19H14Cl2N4O3S. The van der Waals surface area contributed by atoms with Gasteiger partial charge in [-0.3, -0.25) is 10.1 Å². The lowest BCUT2D eigenvalue weighted by atomic mass is 10.2. The van der Waals surface area contributed by atoms with Crippen molar-refractivity contribution in [2.45, 2.75) is 0 Å². The number of benzene rings is 2. The maximum Gasteiger partial charge on any atom is 0.263 e. The van der Waals surface area contributed by atoms with Gasteiger partial charge in [-0.1, -0.05) is 35.3 Å². The van der Waals surface area contributed by atoms with Gasteiger partial charge in [0.1, 0.15) is 11.3 Å². The lowest BCUT2D eigenvalue weighted by molar-refractivity contribution is 0.102. The van der Waals surface area contributed by atoms with E-state index in [0.29, 0.717) is 4.96 Å². The van der Waals surface area contributed by atoms with Crippen LogP contribution in [-0.2, 0) is 0 Å². The fourth-order valence-corrected chi connectivity index (χ4v) is 4.12. The van der Waals surface area contributed by atoms with Gasteiger partial charge in [0.25, 0.3) is 11.9 Å². The number of hydrogen-bond acceptors (Lipinski definition) is 6. The molecule has 0 unspecified atom stereocenters. The molecule has 0 aliphatic carbocycles. The van der Waals surface area contributed by atoms with Crippen LogP contribution in [0.3, 0.4) is 0 Å². The Hall–Kier alpha value is -2.81. The molecule has 4 aromatic rings. The fourth-order valence-electron chi connectivity index (χ4n) is 2.82. The Morgan fingerprint density at radius 3 is 2.69 bits per heavy atom. The lowest BCUT2D eigenvalue weighted by Gasteiger charge is -2.10. The zero-order valence-corrected chi connectivity index (χ0v) is 17.6. The molecule has 0 radical (unpaired) electrons. The third-order valence-corrected chi connectivity index (χ3v) is 5.59. The van der Waals surface area contributed by atoms with Crippen LogP contribution in [0.2, 0.25) is 10.0 Å². The molecule has 0 aliphatic rings. The Morgan fingerprint density at radius 1 is 1.14 bits per heavy atom. The number of thiazole rings is 1. The highest BCUT2D eigenvalue weighted by molar-refractivity contribution is 7.15. The largest absolute Gasteiger partial charge is 0.497 e. The summed E-state index contributed by atoms with van der Waals surface area (Å²) in [5.74, 6) is 0.549. The summed E-state index contributed by atoms with van der Waals surface area (Å²) in [4.78, 5) is 17.8. The number of carbonyl (C=O) groups is 1. The first-order valence-corrected chi connectivity index (χ1v) is 9.97. The summed E-state index contributed by atoms with van der Waals surface area (Å²) in [6, 6.07) is 10.7. The van der Waals surface area contributed by atoms with E-state index >= 15 is 0 Å². The number of nitrogens with zero attached hydrogens (tertiary/aromatic N) is 3. The normalized spacial score (nSPS) is 10.9. The van der Waals surface area contributed by atoms with Gasteiger partial charge in [-0.2, -0.15) is 4.98 Å². The van der Waals surface area contributed by atoms with Crippen LogP contribution in [0, 0.1) is 0 Å². The van der Waals surface area contributed by atoms with Gasteiger partial charge in [-0.05, 0) is 24.3 Å². The van der Waals surface area contributed by atoms with Crippen molar-refractivity contribution in [1.29, 1.82) is 0 Å². The molecule has 1 N–H and O–H groups in total. The van der Waals surface area contributed by atoms with Crippen LogP contribution in [0.25, 0.3) is 16.2 Å². The van der Waals surface area contributed by atoms with E-state index in [1.807, 2.05) is 29.6 Å². The number of aromatic nitrogens is 3. The number of rotatable bonds is 5. The van der Waals surface area contributed by atoms with Gasteiger partial charge in [0, 0.05) is 10.9 Å². The maximum absolute atomic E-state index is 12.8. The van der Waals surface area contributed by atoms with E-state index in [1.165, 1.54) is 24.5 Å². The highest BCUT2D eigenvalue weighted by atomic mass is 35.5. The van der Waals surface area contributed by atoms with Crippen molar-refractivity contribution in [3.05, 3.63) is 57.4 Å². The quantitative estimate of drug-likeness (QED) is 0.462. The van der Waals surface area contributed by atoms with Crippen molar-refractivity contribution in [2.24, 2.45) is 0 Å². The van der Waals surface area contributed by atoms with Crippen LogP contribution in [0.5, 0.6) is 11.5 Å². The number of ether oxygens (including phenoxy) is 2. The molecule has 2 heterocycles. The number of hydrogen-bond donors (Lipinski definition) is 1. The number of amides is 1. The van der Waals surface area contributed by atoms with Crippen LogP contribution in [-0.4, -0.2) is 34.7 Å². The van der Waals surface area contributed by atoms with Gasteiger partial charge in [0.2, 0.25) is 4.96 Å². The zero-order valence-electron chi connectivity index (χ0n) is 15.3. The fraction of sp³-hybridized carbons (Fsp3) is 0.105. The SMILES string of the molecule is COc1cccc(-c2csc3nc(NC(=O)c4c(Cl)ccc(Cl)c4OC)nn23)c1. The first kappa shape index (κ1) is 19.5. The Morgan fingerprint density at radius 2 is 1.93 bits per heavy atom. The molecule has 1 amide bonds. The Labute approximate surface area is 179 Å². The Bertz CT molecular complexity index is 1220. The van der Waals surface area contributed by atoms with E-state index in [9.17, 15) is 4.79 Å². The highest BCUT2D eigenvalue weighted by Crippen LogP contribution is 2.34. The van der Waals surface area contributed by atoms with Crippen molar-refractivity contribution >= 4 is 51.4 Å². The van der Waals surface area contributed by atoms with Gasteiger partial charge in [-0.25, -0.2) is 4.52 Å². The zero-order chi connectivity index (χ0) is 20.5. The van der Waals surface area contributed by atoms with Crippen molar-refractivity contribution < 1.29 is 14.3 Å². The number of nitrogens with one attached hydrogen (secondary N) is 1. The highest BCUT2D eigenvalue weighted by Gasteiger charge is 2.21. The summed E-state index contributed by atoms with van der Waals surface area (Å²) in [5, 5.41) is 9.48. The second-order valence-electron chi connectivity index (χ2n) is 5.87. The van der Waals surface area contributed by atoms with E-state index < -0.39 is 5.91 Å². The minimum Gasteiger partial charge on any atom is -0.497 e. The Balaban J connectivity index is 1.68. The standard InChI is InChI=1S/C19H14Cl2N4O3S/c1-27-11-5-3-4-10(8-11)14-9-29-19-23-18(24-25(14)19)22-17(26)15-12(20)6-7-13(21)16(15)28-2/h3-9H,1-2H3,(H,22,24,26). The van der Waals surface area contributed by atoms with E-state index in [-0.39, 0.29) is 27.3 Å². The van der Waals surface area contributed by atoms with E-state index in [0.717, 1.165) is 17.0 Å². The summed E-state index contributed by atoms with van der Waals surface area (Å²) in [5.41, 5.74) is 1.86. The van der Waals surface area contributed by atoms with Gasteiger partial charge in [0.15, 0.2) is 5.75 Å². The monoisotopic (exact) mass is 448 g/mol. The van der Waals surface area contributed by atoms with Crippen molar-refractivity contribution in [3.63, 3.8) is 0 Å². The minimum atomic E-state index is -0.518. The molecule has 0 atom stereocenters. The summed E-state index contributed by atoms with van der Waals surface area (Å²) >= 11 is 13.7. The molecule has 0 aliphatic heterocycles. The molecule has 4 rings (SSSR count). The number of halogens is 2. The molecule has 0 fully saturated rings. The molecule has 0 saturated carbocycles. The first-order chi connectivity index (χ1) is 14.0. The first-order valence-electron chi connectivity index (χ1n) is 8.34. The van der Waals surface area contributed by atoms with E-state index in [2.05, 4.69) is 15.4 Å². The molecule has 2 aromatic carbocycles. The van der Waals surface area contributed by atoms with Crippen LogP contribution in [0.15, 0.2) is 41.8 Å². The van der Waals surface area contributed by atoms with Crippen molar-refractivity contribution in [1.82, 2.24) is 14.6 Å². The molecular weight excluding hydrogens is 435 g/mol. The molecule has 0 saturated heterocycles. The average molecular weight is 449 g/mol. The molecule has 7 nitrogen and oxygen atoms in total. The van der Waals surface area contributed by atoms with Crippen LogP contribution < -0.4 is 14.8 Å². The smallest absolute Gasteiger partial charge is 0.263 e. The van der Waals surface area contributed by atoms with Crippen LogP contribution >= 0.6 is 34.5 Å². The third-order valence-electron chi connectivity index (χ3n) is 4.16.